The Morgan fingerprint density at radius 2 is 1.28 bits per heavy atom. The fourth-order valence-corrected chi connectivity index (χ4v) is 7.78. The molecule has 4 aromatic rings. The molecule has 1 N–H and O–H groups in total. The van der Waals surface area contributed by atoms with Crippen molar-refractivity contribution in [3.8, 4) is 0 Å². The van der Waals surface area contributed by atoms with Gasteiger partial charge in [-0.2, -0.15) is 8.42 Å². The topological polar surface area (TPSA) is 121 Å². The Hall–Kier alpha value is -3.81. The maximum atomic E-state index is 11.7. The zero-order valence-electron chi connectivity index (χ0n) is 31.9. The van der Waals surface area contributed by atoms with Gasteiger partial charge >= 0.3 is 0 Å². The van der Waals surface area contributed by atoms with E-state index in [1.165, 1.54) is 30.0 Å². The van der Waals surface area contributed by atoms with Crippen LogP contribution in [0, 0.1) is 6.92 Å². The van der Waals surface area contributed by atoms with E-state index in [1.54, 1.807) is 12.1 Å². The predicted molar refractivity (Wildman–Crippen MR) is 218 cm³/mol. The molecule has 1 radical (unpaired) electrons. The van der Waals surface area contributed by atoms with Crippen LogP contribution in [-0.4, -0.2) is 92.0 Å². The molecule has 0 aliphatic heterocycles. The van der Waals surface area contributed by atoms with Gasteiger partial charge in [-0.15, -0.1) is 0 Å². The van der Waals surface area contributed by atoms with Gasteiger partial charge in [-0.05, 0) is 129 Å². The number of aryl methyl sites for hydroxylation is 1. The van der Waals surface area contributed by atoms with Crippen molar-refractivity contribution in [3.05, 3.63) is 149 Å². The van der Waals surface area contributed by atoms with Crippen molar-refractivity contribution < 1.29 is 30.5 Å². The molecule has 0 heterocycles. The summed E-state index contributed by atoms with van der Waals surface area (Å²) in [5.74, 6) is 0. The molecule has 4 aromatic carbocycles. The van der Waals surface area contributed by atoms with E-state index in [0.29, 0.717) is 26.2 Å². The standard InChI is InChI=1S/C42H47N3O6S2.Na/c1-6-43(7-2)38-24-25-41(31(5)26-38)42(34-16-20-36(21-17-34)44(8-3)29-32-12-10-14-39(27-32)52(46,47)48)35-18-22-37(23-19-35)45(9-4)30-33-13-11-15-40(28-33)53(49,50)51;/h10-28H,6-9,29-30H2,1-5H3,(H-,46,47,48,49,50,51);. The van der Waals surface area contributed by atoms with Gasteiger partial charge in [0.25, 0.3) is 10.1 Å². The number of benzene rings is 4. The molecule has 9 nitrogen and oxygen atoms in total. The van der Waals surface area contributed by atoms with Crippen molar-refractivity contribution in [1.29, 1.82) is 0 Å². The van der Waals surface area contributed by atoms with Gasteiger partial charge < -0.3 is 14.4 Å². The largest absolute Gasteiger partial charge is 0.744 e. The number of hydrogen-bond donors (Lipinski definition) is 1. The van der Waals surface area contributed by atoms with Crippen LogP contribution in [0.1, 0.15) is 55.5 Å². The van der Waals surface area contributed by atoms with Crippen molar-refractivity contribution in [3.63, 3.8) is 0 Å². The Balaban J connectivity index is 0.00000650. The molecule has 0 saturated heterocycles. The predicted octanol–water partition coefficient (Wildman–Crippen LogP) is 7.24. The second kappa shape index (κ2) is 18.7. The molecule has 1 aliphatic carbocycles. The molecule has 54 heavy (non-hydrogen) atoms. The fraction of sp³-hybridized carbons (Fsp3) is 0.262. The summed E-state index contributed by atoms with van der Waals surface area (Å²) in [6.45, 7) is 14.6. The van der Waals surface area contributed by atoms with E-state index in [4.69, 9.17) is 0 Å². The molecule has 5 rings (SSSR count). The third kappa shape index (κ3) is 10.5. The first-order chi connectivity index (χ1) is 25.2. The number of hydrogen-bond acceptors (Lipinski definition) is 7. The summed E-state index contributed by atoms with van der Waals surface area (Å²) in [6.07, 6.45) is 8.38. The normalized spacial score (nSPS) is 12.7. The van der Waals surface area contributed by atoms with Gasteiger partial charge in [-0.25, -0.2) is 13.0 Å². The molecule has 0 aromatic heterocycles. The molecule has 0 unspecified atom stereocenters. The summed E-state index contributed by atoms with van der Waals surface area (Å²) in [7, 11) is -8.85. The first kappa shape index (κ1) is 42.9. The maximum absolute atomic E-state index is 11.7. The van der Waals surface area contributed by atoms with Crippen molar-refractivity contribution in [1.82, 2.24) is 0 Å². The van der Waals surface area contributed by atoms with E-state index < -0.39 is 20.2 Å². The van der Waals surface area contributed by atoms with E-state index in [9.17, 15) is 25.9 Å². The molecule has 12 heteroatoms. The Labute approximate surface area is 342 Å². The molecule has 0 atom stereocenters. The zero-order chi connectivity index (χ0) is 38.3. The van der Waals surface area contributed by atoms with Crippen molar-refractivity contribution in [2.75, 3.05) is 36.0 Å². The van der Waals surface area contributed by atoms with E-state index >= 15 is 0 Å². The summed E-state index contributed by atoms with van der Waals surface area (Å²) in [5, 5.41) is 0. The number of rotatable bonds is 14. The molecular formula is C42H47N3NaO6S2. The van der Waals surface area contributed by atoms with Gasteiger partial charge in [0.05, 0.1) is 9.79 Å². The average Bonchev–Trinajstić information content (AvgIpc) is 3.14. The van der Waals surface area contributed by atoms with Gasteiger partial charge in [0.2, 0.25) is 0 Å². The van der Waals surface area contributed by atoms with Crippen molar-refractivity contribution in [2.45, 2.75) is 57.5 Å². The van der Waals surface area contributed by atoms with Gasteiger partial charge in [0, 0.05) is 84.8 Å². The third-order valence-electron chi connectivity index (χ3n) is 9.54. The van der Waals surface area contributed by atoms with Crippen LogP contribution in [0.5, 0.6) is 0 Å². The maximum Gasteiger partial charge on any atom is 0.294 e. The second-order valence-corrected chi connectivity index (χ2v) is 15.7. The minimum absolute atomic E-state index is 0. The minimum atomic E-state index is -4.55. The molecule has 0 fully saturated rings. The summed E-state index contributed by atoms with van der Waals surface area (Å²) in [4.78, 5) is 4.10. The zero-order valence-corrected chi connectivity index (χ0v) is 35.5. The fourth-order valence-electron chi connectivity index (χ4n) is 6.69. The molecular weight excluding hydrogens is 730 g/mol. The summed E-state index contributed by atoms with van der Waals surface area (Å²) < 4.78 is 70.1. The minimum Gasteiger partial charge on any atom is -0.744 e. The number of allylic oxidation sites excluding steroid dienone is 5. The van der Waals surface area contributed by atoms with E-state index in [2.05, 4.69) is 102 Å². The first-order valence-corrected chi connectivity index (χ1v) is 20.6. The van der Waals surface area contributed by atoms with Crippen molar-refractivity contribution in [2.24, 2.45) is 0 Å². The van der Waals surface area contributed by atoms with Crippen LogP contribution in [0.4, 0.5) is 11.4 Å². The third-order valence-corrected chi connectivity index (χ3v) is 11.2. The quantitative estimate of drug-likeness (QED) is 0.0809. The molecule has 1 aliphatic rings. The first-order valence-electron chi connectivity index (χ1n) is 17.8. The summed E-state index contributed by atoms with van der Waals surface area (Å²) >= 11 is 0. The van der Waals surface area contributed by atoms with E-state index in [-0.39, 0.29) is 39.3 Å². The van der Waals surface area contributed by atoms with Crippen molar-refractivity contribution >= 4 is 72.5 Å². The smallest absolute Gasteiger partial charge is 0.294 e. The number of nitrogens with zero attached hydrogens (tertiary/aromatic N) is 3. The van der Waals surface area contributed by atoms with Crippen LogP contribution in [-0.2, 0) is 33.3 Å². The summed E-state index contributed by atoms with van der Waals surface area (Å²) in [6, 6.07) is 27.5. The van der Waals surface area contributed by atoms with Gasteiger partial charge in [-0.3, -0.25) is 4.55 Å². The SMILES string of the molecule is CCN(CC)c1ccc(C(=C2C=CC(=[N+](CC)Cc3cccc(S(=O)(=O)O)c3)C=C2)c2ccc(N(CC)Cc3cccc(S(=O)(=O)[O-])c3)cc2)c(C)c1.[Na]. The van der Waals surface area contributed by atoms with Gasteiger partial charge in [-0.1, -0.05) is 42.5 Å². The van der Waals surface area contributed by atoms with Crippen LogP contribution in [0.25, 0.3) is 5.57 Å². The molecule has 0 saturated carbocycles. The van der Waals surface area contributed by atoms with Crippen LogP contribution in [0.3, 0.4) is 0 Å². The van der Waals surface area contributed by atoms with E-state index in [0.717, 1.165) is 63.5 Å². The average molecular weight is 777 g/mol. The van der Waals surface area contributed by atoms with Crippen LogP contribution >= 0.6 is 0 Å². The Morgan fingerprint density at radius 1 is 0.704 bits per heavy atom. The second-order valence-electron chi connectivity index (χ2n) is 12.9. The summed E-state index contributed by atoms with van der Waals surface area (Å²) in [5.41, 5.74) is 10.0. The van der Waals surface area contributed by atoms with Gasteiger partial charge in [0.1, 0.15) is 16.7 Å². The molecule has 279 valence electrons. The molecule has 0 bridgehead atoms. The monoisotopic (exact) mass is 776 g/mol. The van der Waals surface area contributed by atoms with Gasteiger partial charge in [0.15, 0.2) is 12.3 Å². The Morgan fingerprint density at radius 3 is 1.83 bits per heavy atom. The molecule has 0 amide bonds. The number of anilines is 2. The molecule has 0 spiro atoms. The van der Waals surface area contributed by atoms with E-state index in [1.807, 2.05) is 26.0 Å². The van der Waals surface area contributed by atoms with Crippen LogP contribution in [0.15, 0.2) is 131 Å². The Bertz CT molecular complexity index is 2290. The van der Waals surface area contributed by atoms with Crippen LogP contribution < -0.4 is 9.80 Å². The van der Waals surface area contributed by atoms with Crippen LogP contribution in [0.2, 0.25) is 0 Å². The Kier molecular flexibility index (Phi) is 14.9.